The zero-order valence-electron chi connectivity index (χ0n) is 15.5. The van der Waals surface area contributed by atoms with E-state index in [0.29, 0.717) is 17.5 Å². The van der Waals surface area contributed by atoms with Crippen molar-refractivity contribution in [1.29, 1.82) is 0 Å². The number of aromatic nitrogens is 3. The van der Waals surface area contributed by atoms with E-state index in [1.54, 1.807) is 24.4 Å². The molecule has 0 aliphatic carbocycles. The molecule has 0 amide bonds. The van der Waals surface area contributed by atoms with Crippen LogP contribution in [0.15, 0.2) is 47.6 Å². The van der Waals surface area contributed by atoms with Gasteiger partial charge < -0.3 is 4.90 Å². The highest BCUT2D eigenvalue weighted by Crippen LogP contribution is 2.25. The number of aryl methyl sites for hydroxylation is 1. The van der Waals surface area contributed by atoms with Crippen LogP contribution in [0.25, 0.3) is 11.0 Å². The van der Waals surface area contributed by atoms with Crippen LogP contribution < -0.4 is 0 Å². The molecular weight excluding hydrogens is 360 g/mol. The maximum Gasteiger partial charge on any atom is 0.269 e. The summed E-state index contributed by atoms with van der Waals surface area (Å²) in [6.45, 7) is 4.88. The molecular formula is C20H24N4O2S. The first-order valence-corrected chi connectivity index (χ1v) is 10.9. The molecule has 7 heteroatoms. The fraction of sp³-hybridized carbons (Fsp3) is 0.400. The van der Waals surface area contributed by atoms with Gasteiger partial charge in [0.1, 0.15) is 4.90 Å². The summed E-state index contributed by atoms with van der Waals surface area (Å²) in [4.78, 5) is 11.2. The number of hydrogen-bond donors (Lipinski definition) is 0. The first-order valence-electron chi connectivity index (χ1n) is 9.42. The monoisotopic (exact) mass is 384 g/mol. The lowest BCUT2D eigenvalue weighted by Crippen LogP contribution is -2.32. The summed E-state index contributed by atoms with van der Waals surface area (Å²) >= 11 is 0. The van der Waals surface area contributed by atoms with Crippen LogP contribution in [0, 0.1) is 6.92 Å². The number of hydrogen-bond acceptors (Lipinski definition) is 5. The van der Waals surface area contributed by atoms with E-state index in [1.165, 1.54) is 29.4 Å². The van der Waals surface area contributed by atoms with Crippen molar-refractivity contribution in [1.82, 2.24) is 18.8 Å². The molecule has 0 N–H and O–H groups in total. The Hall–Kier alpha value is -2.25. The van der Waals surface area contributed by atoms with Crippen molar-refractivity contribution in [2.24, 2.45) is 0 Å². The molecule has 3 aromatic rings. The van der Waals surface area contributed by atoms with Gasteiger partial charge in [0.15, 0.2) is 0 Å². The Morgan fingerprint density at radius 3 is 2.63 bits per heavy atom. The van der Waals surface area contributed by atoms with Gasteiger partial charge in [-0.3, -0.25) is 9.97 Å². The maximum atomic E-state index is 13.4. The molecule has 0 unspecified atom stereocenters. The van der Waals surface area contributed by atoms with Gasteiger partial charge in [-0.05, 0) is 63.2 Å². The van der Waals surface area contributed by atoms with Gasteiger partial charge in [-0.1, -0.05) is 6.42 Å². The lowest BCUT2D eigenvalue weighted by atomic mass is 10.1. The van der Waals surface area contributed by atoms with Gasteiger partial charge in [0.05, 0.1) is 11.0 Å². The zero-order chi connectivity index (χ0) is 18.9. The second-order valence-electron chi connectivity index (χ2n) is 7.10. The molecule has 142 valence electrons. The lowest BCUT2D eigenvalue weighted by molar-refractivity contribution is 0.231. The number of fused-ring (bicyclic) bond motifs is 1. The van der Waals surface area contributed by atoms with Gasteiger partial charge in [0.2, 0.25) is 0 Å². The van der Waals surface area contributed by atoms with E-state index in [-0.39, 0.29) is 4.90 Å². The fourth-order valence-corrected chi connectivity index (χ4v) is 5.19. The van der Waals surface area contributed by atoms with Crippen LogP contribution in [-0.2, 0) is 16.4 Å². The zero-order valence-corrected chi connectivity index (χ0v) is 16.3. The van der Waals surface area contributed by atoms with Crippen LogP contribution in [0.1, 0.15) is 30.7 Å². The van der Waals surface area contributed by atoms with Crippen molar-refractivity contribution < 1.29 is 8.42 Å². The number of nitrogens with zero attached hydrogens (tertiary/aromatic N) is 4. The van der Waals surface area contributed by atoms with Gasteiger partial charge in [-0.2, -0.15) is 0 Å². The topological polar surface area (TPSA) is 68.1 Å². The van der Waals surface area contributed by atoms with E-state index >= 15 is 0 Å². The minimum atomic E-state index is -3.73. The van der Waals surface area contributed by atoms with Crippen LogP contribution in [0.5, 0.6) is 0 Å². The van der Waals surface area contributed by atoms with Crippen molar-refractivity contribution in [3.05, 3.63) is 54.1 Å². The first-order chi connectivity index (χ1) is 13.1. The van der Waals surface area contributed by atoms with Crippen molar-refractivity contribution in [2.75, 3.05) is 19.6 Å². The average Bonchev–Trinajstić information content (AvgIpc) is 3.07. The largest absolute Gasteiger partial charge is 0.303 e. The summed E-state index contributed by atoms with van der Waals surface area (Å²) in [6, 6.07) is 8.83. The Kier molecular flexibility index (Phi) is 4.97. The normalized spacial score (nSPS) is 16.0. The molecule has 4 heterocycles. The predicted molar refractivity (Wildman–Crippen MR) is 105 cm³/mol. The Labute approximate surface area is 159 Å². The van der Waals surface area contributed by atoms with E-state index in [9.17, 15) is 8.42 Å². The van der Waals surface area contributed by atoms with Crippen LogP contribution >= 0.6 is 0 Å². The van der Waals surface area contributed by atoms with Gasteiger partial charge in [0, 0.05) is 36.7 Å². The molecule has 1 aliphatic rings. The summed E-state index contributed by atoms with van der Waals surface area (Å²) in [6.07, 6.45) is 7.53. The molecule has 1 saturated heterocycles. The highest BCUT2D eigenvalue weighted by atomic mass is 32.2. The van der Waals surface area contributed by atoms with E-state index < -0.39 is 10.0 Å². The lowest BCUT2D eigenvalue weighted by Gasteiger charge is -2.26. The van der Waals surface area contributed by atoms with Gasteiger partial charge >= 0.3 is 0 Å². The molecule has 6 nitrogen and oxygen atoms in total. The molecule has 1 aliphatic heterocycles. The van der Waals surface area contributed by atoms with Gasteiger partial charge in [0.25, 0.3) is 10.0 Å². The molecule has 0 spiro atoms. The molecule has 0 saturated carbocycles. The number of likely N-dealkylation sites (tertiary alicyclic amines) is 1. The molecule has 0 atom stereocenters. The molecule has 3 aromatic heterocycles. The minimum Gasteiger partial charge on any atom is -0.303 e. The van der Waals surface area contributed by atoms with Crippen LogP contribution in [0.2, 0.25) is 0 Å². The molecule has 0 aromatic carbocycles. The van der Waals surface area contributed by atoms with Gasteiger partial charge in [-0.15, -0.1) is 0 Å². The summed E-state index contributed by atoms with van der Waals surface area (Å²) < 4.78 is 28.2. The molecule has 1 fully saturated rings. The Morgan fingerprint density at radius 1 is 1.07 bits per heavy atom. The van der Waals surface area contributed by atoms with Crippen LogP contribution in [-0.4, -0.2) is 46.9 Å². The summed E-state index contributed by atoms with van der Waals surface area (Å²) in [7, 11) is -3.73. The quantitative estimate of drug-likeness (QED) is 0.676. The third-order valence-corrected chi connectivity index (χ3v) is 6.90. The molecule has 0 bridgehead atoms. The molecule has 4 rings (SSSR count). The van der Waals surface area contributed by atoms with E-state index in [2.05, 4.69) is 14.9 Å². The Morgan fingerprint density at radius 2 is 1.89 bits per heavy atom. The van der Waals surface area contributed by atoms with Crippen molar-refractivity contribution in [3.8, 4) is 0 Å². The Bertz CT molecular complexity index is 1040. The standard InChI is InChI=1S/C20H24N4O2S/c1-16-7-8-18(15-22-16)27(25,26)24-17(9-13-23-11-3-2-4-12-23)14-19-20(24)6-5-10-21-19/h5-8,10,14-15H,2-4,9,11-13H2,1H3. The number of rotatable bonds is 5. The summed E-state index contributed by atoms with van der Waals surface area (Å²) in [5.74, 6) is 0. The van der Waals surface area contributed by atoms with E-state index in [0.717, 1.165) is 31.0 Å². The van der Waals surface area contributed by atoms with Crippen LogP contribution in [0.4, 0.5) is 0 Å². The van der Waals surface area contributed by atoms with Crippen molar-refractivity contribution in [2.45, 2.75) is 37.5 Å². The SMILES string of the molecule is Cc1ccc(S(=O)(=O)n2c(CCN3CCCCC3)cc3ncccc32)cn1. The number of pyridine rings is 2. The second kappa shape index (κ2) is 7.40. The summed E-state index contributed by atoms with van der Waals surface area (Å²) in [5.41, 5.74) is 2.88. The fourth-order valence-electron chi connectivity index (χ4n) is 3.69. The predicted octanol–water partition coefficient (Wildman–Crippen LogP) is 3.01. The smallest absolute Gasteiger partial charge is 0.269 e. The van der Waals surface area contributed by atoms with Crippen molar-refractivity contribution >= 4 is 21.1 Å². The number of piperidine rings is 1. The average molecular weight is 385 g/mol. The minimum absolute atomic E-state index is 0.202. The highest BCUT2D eigenvalue weighted by Gasteiger charge is 2.24. The van der Waals surface area contributed by atoms with Crippen LogP contribution in [0.3, 0.4) is 0 Å². The summed E-state index contributed by atoms with van der Waals surface area (Å²) in [5, 5.41) is 0. The van der Waals surface area contributed by atoms with Crippen molar-refractivity contribution in [3.63, 3.8) is 0 Å². The first kappa shape index (κ1) is 18.1. The maximum absolute atomic E-state index is 13.4. The Balaban J connectivity index is 1.74. The molecule has 0 radical (unpaired) electrons. The van der Waals surface area contributed by atoms with E-state index in [4.69, 9.17) is 0 Å². The third kappa shape index (κ3) is 3.61. The van der Waals surface area contributed by atoms with Gasteiger partial charge in [-0.25, -0.2) is 12.4 Å². The second-order valence-corrected chi connectivity index (χ2v) is 8.89. The van der Waals surface area contributed by atoms with E-state index in [1.807, 2.05) is 19.1 Å². The highest BCUT2D eigenvalue weighted by molar-refractivity contribution is 7.90. The third-order valence-electron chi connectivity index (χ3n) is 5.15. The molecule has 27 heavy (non-hydrogen) atoms.